The van der Waals surface area contributed by atoms with Gasteiger partial charge in [-0.1, -0.05) is 0 Å². The van der Waals surface area contributed by atoms with Crippen molar-refractivity contribution in [2.75, 3.05) is 45.5 Å². The minimum absolute atomic E-state index is 0.132. The largest absolute Gasteiger partial charge is 0.314 e. The van der Waals surface area contributed by atoms with Crippen LogP contribution >= 0.6 is 0 Å². The quantitative estimate of drug-likeness (QED) is 0.684. The third kappa shape index (κ3) is 4.23. The Kier molecular flexibility index (Phi) is 5.08. The minimum atomic E-state index is -3.27. The van der Waals surface area contributed by atoms with Crippen LogP contribution in [-0.2, 0) is 16.6 Å². The fourth-order valence-electron chi connectivity index (χ4n) is 2.09. The number of rotatable bonds is 6. The Hall–Kier alpha value is -1.03. The normalized spacial score (nSPS) is 17.8. The Morgan fingerprint density at radius 1 is 1.35 bits per heavy atom. The van der Waals surface area contributed by atoms with Crippen molar-refractivity contribution in [3.05, 3.63) is 11.6 Å². The van der Waals surface area contributed by atoms with E-state index in [-0.39, 0.29) is 12.3 Å². The summed E-state index contributed by atoms with van der Waals surface area (Å²) in [6, 6.07) is 0. The molecular formula is C11H22N6O2S. The highest BCUT2D eigenvalue weighted by molar-refractivity contribution is 7.89. The van der Waals surface area contributed by atoms with Gasteiger partial charge in [-0.15, -0.1) is 0 Å². The van der Waals surface area contributed by atoms with Crippen molar-refractivity contribution < 1.29 is 8.42 Å². The number of aromatic nitrogens is 3. The van der Waals surface area contributed by atoms with Crippen molar-refractivity contribution in [3.63, 3.8) is 0 Å². The number of aryl methyl sites for hydroxylation is 1. The van der Waals surface area contributed by atoms with E-state index in [1.807, 2.05) is 0 Å². The van der Waals surface area contributed by atoms with Crippen LogP contribution in [0.2, 0.25) is 0 Å². The molecule has 0 bridgehead atoms. The van der Waals surface area contributed by atoms with Crippen molar-refractivity contribution in [1.82, 2.24) is 29.7 Å². The van der Waals surface area contributed by atoms with E-state index < -0.39 is 10.0 Å². The molecule has 0 atom stereocenters. The van der Waals surface area contributed by atoms with Crippen LogP contribution < -0.4 is 5.32 Å². The van der Waals surface area contributed by atoms with E-state index in [1.165, 1.54) is 4.31 Å². The molecular weight excluding hydrogens is 280 g/mol. The number of hydrogen-bond donors (Lipinski definition) is 2. The molecule has 1 aromatic rings. The van der Waals surface area contributed by atoms with Gasteiger partial charge in [-0.2, -0.15) is 9.40 Å². The SMILES string of the molecule is Cc1nc(CN(C)S(=O)(=O)CCN2CCNCC2)n[nH]1. The minimum Gasteiger partial charge on any atom is -0.314 e. The summed E-state index contributed by atoms with van der Waals surface area (Å²) in [5.41, 5.74) is 0. The molecule has 0 aromatic carbocycles. The van der Waals surface area contributed by atoms with E-state index in [4.69, 9.17) is 0 Å². The Labute approximate surface area is 119 Å². The fourth-order valence-corrected chi connectivity index (χ4v) is 3.21. The van der Waals surface area contributed by atoms with Gasteiger partial charge >= 0.3 is 0 Å². The zero-order valence-electron chi connectivity index (χ0n) is 12.0. The number of H-pyrrole nitrogens is 1. The molecule has 2 rings (SSSR count). The van der Waals surface area contributed by atoms with Crippen molar-refractivity contribution in [2.45, 2.75) is 13.5 Å². The van der Waals surface area contributed by atoms with E-state index in [9.17, 15) is 8.42 Å². The molecule has 1 aliphatic rings. The third-order valence-corrected chi connectivity index (χ3v) is 5.13. The van der Waals surface area contributed by atoms with Gasteiger partial charge in [0.05, 0.1) is 12.3 Å². The molecule has 1 saturated heterocycles. The fraction of sp³-hybridized carbons (Fsp3) is 0.818. The highest BCUT2D eigenvalue weighted by Crippen LogP contribution is 2.05. The first kappa shape index (κ1) is 15.4. The maximum absolute atomic E-state index is 12.2. The van der Waals surface area contributed by atoms with Gasteiger partial charge < -0.3 is 5.32 Å². The first-order valence-electron chi connectivity index (χ1n) is 6.72. The summed E-state index contributed by atoms with van der Waals surface area (Å²) in [4.78, 5) is 6.29. The van der Waals surface area contributed by atoms with E-state index >= 15 is 0 Å². The van der Waals surface area contributed by atoms with Crippen LogP contribution in [0.25, 0.3) is 0 Å². The van der Waals surface area contributed by atoms with Gasteiger partial charge in [0.15, 0.2) is 5.82 Å². The van der Waals surface area contributed by atoms with Gasteiger partial charge in [0.25, 0.3) is 0 Å². The van der Waals surface area contributed by atoms with Crippen molar-refractivity contribution in [2.24, 2.45) is 0 Å². The monoisotopic (exact) mass is 302 g/mol. The van der Waals surface area contributed by atoms with Crippen LogP contribution in [0, 0.1) is 6.92 Å². The summed E-state index contributed by atoms with van der Waals surface area (Å²) in [5.74, 6) is 1.31. The molecule has 0 aliphatic carbocycles. The summed E-state index contributed by atoms with van der Waals surface area (Å²) >= 11 is 0. The number of hydrogen-bond acceptors (Lipinski definition) is 6. The highest BCUT2D eigenvalue weighted by Gasteiger charge is 2.21. The number of aromatic amines is 1. The molecule has 0 spiro atoms. The second-order valence-corrected chi connectivity index (χ2v) is 7.20. The zero-order chi connectivity index (χ0) is 14.6. The molecule has 0 amide bonds. The average Bonchev–Trinajstić information content (AvgIpc) is 2.83. The lowest BCUT2D eigenvalue weighted by Gasteiger charge is -2.27. The van der Waals surface area contributed by atoms with E-state index in [0.717, 1.165) is 26.2 Å². The topological polar surface area (TPSA) is 94.2 Å². The maximum atomic E-state index is 12.2. The number of piperazine rings is 1. The van der Waals surface area contributed by atoms with Crippen LogP contribution in [0.1, 0.15) is 11.6 Å². The number of nitrogens with one attached hydrogen (secondary N) is 2. The van der Waals surface area contributed by atoms with E-state index in [2.05, 4.69) is 25.4 Å². The Balaban J connectivity index is 1.85. The highest BCUT2D eigenvalue weighted by atomic mass is 32.2. The average molecular weight is 302 g/mol. The molecule has 2 N–H and O–H groups in total. The summed E-state index contributed by atoms with van der Waals surface area (Å²) < 4.78 is 25.7. The predicted octanol–water partition coefficient (Wildman–Crippen LogP) is -1.22. The number of sulfonamides is 1. The smallest absolute Gasteiger partial charge is 0.215 e. The van der Waals surface area contributed by atoms with Crippen molar-refractivity contribution in [3.8, 4) is 0 Å². The lowest BCUT2D eigenvalue weighted by atomic mass is 10.4. The Bertz CT molecular complexity index is 523. The second kappa shape index (κ2) is 6.61. The third-order valence-electron chi connectivity index (χ3n) is 3.36. The van der Waals surface area contributed by atoms with Gasteiger partial charge in [0.2, 0.25) is 10.0 Å². The van der Waals surface area contributed by atoms with Crippen LogP contribution in [0.3, 0.4) is 0 Å². The van der Waals surface area contributed by atoms with Gasteiger partial charge in [-0.3, -0.25) is 10.00 Å². The van der Waals surface area contributed by atoms with Gasteiger partial charge in [-0.05, 0) is 6.92 Å². The predicted molar refractivity (Wildman–Crippen MR) is 75.7 cm³/mol. The molecule has 1 fully saturated rings. The zero-order valence-corrected chi connectivity index (χ0v) is 12.8. The number of nitrogens with zero attached hydrogens (tertiary/aromatic N) is 4. The lowest BCUT2D eigenvalue weighted by Crippen LogP contribution is -2.46. The van der Waals surface area contributed by atoms with E-state index in [0.29, 0.717) is 18.2 Å². The van der Waals surface area contributed by atoms with Gasteiger partial charge in [-0.25, -0.2) is 13.4 Å². The molecule has 114 valence electrons. The Morgan fingerprint density at radius 2 is 2.05 bits per heavy atom. The van der Waals surface area contributed by atoms with Crippen LogP contribution in [0.5, 0.6) is 0 Å². The second-order valence-electron chi connectivity index (χ2n) is 5.00. The molecule has 1 aromatic heterocycles. The molecule has 20 heavy (non-hydrogen) atoms. The Morgan fingerprint density at radius 3 is 2.65 bits per heavy atom. The van der Waals surface area contributed by atoms with Gasteiger partial charge in [0.1, 0.15) is 5.82 Å². The standard InChI is InChI=1S/C11H22N6O2S/c1-10-13-11(15-14-10)9-16(2)20(18,19)8-7-17-5-3-12-4-6-17/h12H,3-9H2,1-2H3,(H,13,14,15). The maximum Gasteiger partial charge on any atom is 0.215 e. The molecule has 0 radical (unpaired) electrons. The summed E-state index contributed by atoms with van der Waals surface area (Å²) in [6.07, 6.45) is 0. The van der Waals surface area contributed by atoms with Crippen LogP contribution in [0.15, 0.2) is 0 Å². The first-order chi connectivity index (χ1) is 9.47. The lowest BCUT2D eigenvalue weighted by molar-refractivity contribution is 0.252. The first-order valence-corrected chi connectivity index (χ1v) is 8.33. The summed E-state index contributed by atoms with van der Waals surface area (Å²) in [7, 11) is -1.70. The van der Waals surface area contributed by atoms with Crippen molar-refractivity contribution >= 4 is 10.0 Å². The van der Waals surface area contributed by atoms with Gasteiger partial charge in [0, 0.05) is 39.8 Å². The molecule has 2 heterocycles. The summed E-state index contributed by atoms with van der Waals surface area (Å²) in [5, 5.41) is 9.92. The van der Waals surface area contributed by atoms with Crippen LogP contribution in [-0.4, -0.2) is 78.3 Å². The molecule has 1 aliphatic heterocycles. The summed E-state index contributed by atoms with van der Waals surface area (Å²) in [6.45, 7) is 6.21. The molecule has 8 nitrogen and oxygen atoms in total. The van der Waals surface area contributed by atoms with Crippen molar-refractivity contribution in [1.29, 1.82) is 0 Å². The van der Waals surface area contributed by atoms with E-state index in [1.54, 1.807) is 14.0 Å². The molecule has 0 saturated carbocycles. The van der Waals surface area contributed by atoms with Crippen LogP contribution in [0.4, 0.5) is 0 Å². The molecule has 9 heteroatoms. The molecule has 0 unspecified atom stereocenters.